The SMILES string of the molecule is COc1cc(/C=C/C(=O)c2nnn(-c3ccc(S(=O)(=O)Nc4nccs4)cc3)c2C)cc(OC)c1OC. The first-order valence-corrected chi connectivity index (χ1v) is 13.1. The van der Waals surface area contributed by atoms with E-state index in [9.17, 15) is 13.2 Å². The lowest BCUT2D eigenvalue weighted by atomic mass is 10.1. The highest BCUT2D eigenvalue weighted by molar-refractivity contribution is 7.93. The first-order chi connectivity index (χ1) is 17.8. The van der Waals surface area contributed by atoms with Gasteiger partial charge in [0.1, 0.15) is 0 Å². The number of sulfonamides is 1. The van der Waals surface area contributed by atoms with E-state index in [-0.39, 0.29) is 21.5 Å². The third-order valence-corrected chi connectivity index (χ3v) is 7.46. The molecule has 0 amide bonds. The molecule has 0 spiro atoms. The van der Waals surface area contributed by atoms with Crippen LogP contribution in [0.2, 0.25) is 0 Å². The van der Waals surface area contributed by atoms with Crippen molar-refractivity contribution in [1.29, 1.82) is 0 Å². The number of nitrogens with zero attached hydrogens (tertiary/aromatic N) is 4. The number of hydrogen-bond donors (Lipinski definition) is 1. The largest absolute Gasteiger partial charge is 0.493 e. The van der Waals surface area contributed by atoms with Crippen LogP contribution in [-0.2, 0) is 10.0 Å². The van der Waals surface area contributed by atoms with E-state index in [1.54, 1.807) is 42.6 Å². The number of benzene rings is 2. The van der Waals surface area contributed by atoms with E-state index >= 15 is 0 Å². The summed E-state index contributed by atoms with van der Waals surface area (Å²) in [5.74, 6) is 1.01. The minimum atomic E-state index is -3.79. The minimum absolute atomic E-state index is 0.0637. The number of carbonyl (C=O) groups is 1. The second-order valence-corrected chi connectivity index (χ2v) is 10.1. The molecule has 0 radical (unpaired) electrons. The summed E-state index contributed by atoms with van der Waals surface area (Å²) in [6, 6.07) is 9.48. The third kappa shape index (κ3) is 5.47. The molecule has 0 saturated heterocycles. The van der Waals surface area contributed by atoms with Gasteiger partial charge in [-0.05, 0) is 55.0 Å². The maximum atomic E-state index is 12.9. The van der Waals surface area contributed by atoms with Crippen molar-refractivity contribution >= 4 is 38.4 Å². The molecular formula is C24H23N5O6S2. The fourth-order valence-electron chi connectivity index (χ4n) is 3.46. The Morgan fingerprint density at radius 3 is 2.30 bits per heavy atom. The fraction of sp³-hybridized carbons (Fsp3) is 0.167. The molecule has 0 unspecified atom stereocenters. The Kier molecular flexibility index (Phi) is 7.55. The molecule has 37 heavy (non-hydrogen) atoms. The molecule has 0 bridgehead atoms. The predicted octanol–water partition coefficient (Wildman–Crippen LogP) is 3.75. The lowest BCUT2D eigenvalue weighted by Crippen LogP contribution is -2.13. The second-order valence-electron chi connectivity index (χ2n) is 7.53. The van der Waals surface area contributed by atoms with Gasteiger partial charge in [-0.15, -0.1) is 16.4 Å². The first kappa shape index (κ1) is 25.9. The Morgan fingerprint density at radius 2 is 1.73 bits per heavy atom. The van der Waals surface area contributed by atoms with Crippen molar-refractivity contribution in [1.82, 2.24) is 20.0 Å². The number of methoxy groups -OCH3 is 3. The number of carbonyl (C=O) groups excluding carboxylic acids is 1. The van der Waals surface area contributed by atoms with Crippen molar-refractivity contribution < 1.29 is 27.4 Å². The molecular weight excluding hydrogens is 518 g/mol. The predicted molar refractivity (Wildman–Crippen MR) is 138 cm³/mol. The monoisotopic (exact) mass is 541 g/mol. The number of thiazole rings is 1. The smallest absolute Gasteiger partial charge is 0.263 e. The maximum Gasteiger partial charge on any atom is 0.263 e. The Hall–Kier alpha value is -4.23. The molecule has 0 aliphatic rings. The molecule has 2 aromatic carbocycles. The van der Waals surface area contributed by atoms with E-state index in [0.717, 1.165) is 0 Å². The summed E-state index contributed by atoms with van der Waals surface area (Å²) < 4.78 is 45.0. The topological polar surface area (TPSA) is 135 Å². The summed E-state index contributed by atoms with van der Waals surface area (Å²) in [6.07, 6.45) is 4.50. The van der Waals surface area contributed by atoms with Crippen LogP contribution in [0.25, 0.3) is 11.8 Å². The van der Waals surface area contributed by atoms with Gasteiger partial charge in [-0.2, -0.15) is 0 Å². The van der Waals surface area contributed by atoms with Crippen LogP contribution >= 0.6 is 11.3 Å². The molecule has 0 fully saturated rings. The molecule has 4 rings (SSSR count). The van der Waals surface area contributed by atoms with E-state index in [2.05, 4.69) is 20.0 Å². The highest BCUT2D eigenvalue weighted by Gasteiger charge is 2.19. The summed E-state index contributed by atoms with van der Waals surface area (Å²) in [5, 5.41) is 10.1. The molecule has 13 heteroatoms. The molecule has 0 saturated carbocycles. The highest BCUT2D eigenvalue weighted by Crippen LogP contribution is 2.38. The van der Waals surface area contributed by atoms with E-state index in [0.29, 0.717) is 34.2 Å². The number of ether oxygens (including phenoxy) is 3. The molecule has 0 aliphatic carbocycles. The first-order valence-electron chi connectivity index (χ1n) is 10.7. The summed E-state index contributed by atoms with van der Waals surface area (Å²) in [4.78, 5) is 16.9. The van der Waals surface area contributed by atoms with Gasteiger partial charge in [0.2, 0.25) is 11.5 Å². The molecule has 11 nitrogen and oxygen atoms in total. The van der Waals surface area contributed by atoms with Crippen LogP contribution in [0, 0.1) is 6.92 Å². The maximum absolute atomic E-state index is 12.9. The van der Waals surface area contributed by atoms with E-state index in [1.165, 1.54) is 61.8 Å². The zero-order valence-corrected chi connectivity index (χ0v) is 22.0. The number of aromatic nitrogens is 4. The van der Waals surface area contributed by atoms with Crippen LogP contribution in [0.15, 0.2) is 58.9 Å². The molecule has 192 valence electrons. The van der Waals surface area contributed by atoms with Gasteiger partial charge in [0.15, 0.2) is 22.3 Å². The van der Waals surface area contributed by atoms with Gasteiger partial charge in [0.25, 0.3) is 10.0 Å². The minimum Gasteiger partial charge on any atom is -0.493 e. The van der Waals surface area contributed by atoms with Crippen LogP contribution in [0.5, 0.6) is 17.2 Å². The number of allylic oxidation sites excluding steroid dienone is 1. The standard InChI is InChI=1S/C24H23N5O6S2/c1-15-22(19(30)10-5-16-13-20(33-2)23(35-4)21(14-16)34-3)26-28-29(15)17-6-8-18(9-7-17)37(31,32)27-24-25-11-12-36-24/h5-14H,1-4H3,(H,25,27)/b10-5+. The number of rotatable bonds is 10. The Labute approximate surface area is 217 Å². The van der Waals surface area contributed by atoms with Crippen molar-refractivity contribution in [3.05, 3.63) is 71.0 Å². The summed E-state index contributed by atoms with van der Waals surface area (Å²) in [6.45, 7) is 1.70. The molecule has 4 aromatic rings. The van der Waals surface area contributed by atoms with E-state index in [1.807, 2.05) is 0 Å². The van der Waals surface area contributed by atoms with E-state index in [4.69, 9.17) is 14.2 Å². The molecule has 1 N–H and O–H groups in total. The average molecular weight is 542 g/mol. The highest BCUT2D eigenvalue weighted by atomic mass is 32.2. The van der Waals surface area contributed by atoms with Crippen molar-refractivity contribution in [2.45, 2.75) is 11.8 Å². The summed E-state index contributed by atoms with van der Waals surface area (Å²) in [7, 11) is 0.748. The van der Waals surface area contributed by atoms with Gasteiger partial charge < -0.3 is 14.2 Å². The number of ketones is 1. The van der Waals surface area contributed by atoms with Gasteiger partial charge in [-0.1, -0.05) is 11.3 Å². The van der Waals surface area contributed by atoms with Crippen molar-refractivity contribution in [2.24, 2.45) is 0 Å². The Balaban J connectivity index is 1.54. The van der Waals surface area contributed by atoms with Crippen LogP contribution in [-0.4, -0.2) is 55.5 Å². The molecule has 2 aromatic heterocycles. The van der Waals surface area contributed by atoms with Gasteiger partial charge in [-0.25, -0.2) is 18.1 Å². The second kappa shape index (κ2) is 10.8. The van der Waals surface area contributed by atoms with Crippen molar-refractivity contribution in [3.63, 3.8) is 0 Å². The van der Waals surface area contributed by atoms with Gasteiger partial charge >= 0.3 is 0 Å². The fourth-order valence-corrected chi connectivity index (χ4v) is 5.25. The lowest BCUT2D eigenvalue weighted by molar-refractivity contribution is 0.104. The third-order valence-electron chi connectivity index (χ3n) is 5.29. The normalized spacial score (nSPS) is 11.5. The van der Waals surface area contributed by atoms with Crippen LogP contribution in [0.3, 0.4) is 0 Å². The van der Waals surface area contributed by atoms with Crippen molar-refractivity contribution in [3.8, 4) is 22.9 Å². The zero-order valence-electron chi connectivity index (χ0n) is 20.3. The molecule has 2 heterocycles. The van der Waals surface area contributed by atoms with Crippen LogP contribution in [0.4, 0.5) is 5.13 Å². The average Bonchev–Trinajstić information content (AvgIpc) is 3.55. The Morgan fingerprint density at radius 1 is 1.05 bits per heavy atom. The van der Waals surface area contributed by atoms with Crippen LogP contribution < -0.4 is 18.9 Å². The molecule has 0 atom stereocenters. The van der Waals surface area contributed by atoms with Gasteiger partial charge in [0, 0.05) is 11.6 Å². The zero-order chi connectivity index (χ0) is 26.6. The summed E-state index contributed by atoms with van der Waals surface area (Å²) >= 11 is 1.18. The quantitative estimate of drug-likeness (QED) is 0.235. The lowest BCUT2D eigenvalue weighted by Gasteiger charge is -2.12. The van der Waals surface area contributed by atoms with Crippen LogP contribution in [0.1, 0.15) is 21.7 Å². The number of nitrogens with one attached hydrogen (secondary N) is 1. The Bertz CT molecular complexity index is 1520. The molecule has 0 aliphatic heterocycles. The summed E-state index contributed by atoms with van der Waals surface area (Å²) in [5.41, 5.74) is 1.86. The van der Waals surface area contributed by atoms with Gasteiger partial charge in [-0.3, -0.25) is 9.52 Å². The van der Waals surface area contributed by atoms with Crippen molar-refractivity contribution in [2.75, 3.05) is 26.1 Å². The number of hydrogen-bond acceptors (Lipinski definition) is 10. The van der Waals surface area contributed by atoms with E-state index < -0.39 is 10.0 Å². The van der Waals surface area contributed by atoms with Gasteiger partial charge in [0.05, 0.1) is 37.6 Å². The number of anilines is 1.